The molecular formula is C10H11FN2O. The molecule has 0 heterocycles. The summed E-state index contributed by atoms with van der Waals surface area (Å²) in [6.07, 6.45) is 5.19. The smallest absolute Gasteiger partial charge is 0.165 e. The molecule has 1 atom stereocenters. The van der Waals surface area contributed by atoms with E-state index in [9.17, 15) is 4.39 Å². The van der Waals surface area contributed by atoms with E-state index in [1.165, 1.54) is 19.2 Å². The molecule has 1 aromatic carbocycles. The number of methoxy groups -OCH3 is 1. The van der Waals surface area contributed by atoms with Gasteiger partial charge in [0.2, 0.25) is 0 Å². The van der Waals surface area contributed by atoms with Gasteiger partial charge in [-0.05, 0) is 17.7 Å². The van der Waals surface area contributed by atoms with Crippen molar-refractivity contribution in [1.82, 2.24) is 5.43 Å². The number of hydrogen-bond donors (Lipinski definition) is 2. The zero-order valence-corrected chi connectivity index (χ0v) is 7.75. The van der Waals surface area contributed by atoms with Crippen LogP contribution in [-0.2, 0) is 0 Å². The Morgan fingerprint density at radius 2 is 2.36 bits per heavy atom. The van der Waals surface area contributed by atoms with Gasteiger partial charge in [-0.1, -0.05) is 12.0 Å². The second-order valence-corrected chi connectivity index (χ2v) is 2.66. The van der Waals surface area contributed by atoms with Gasteiger partial charge < -0.3 is 4.74 Å². The fourth-order valence-corrected chi connectivity index (χ4v) is 1.10. The number of rotatable bonds is 3. The van der Waals surface area contributed by atoms with E-state index < -0.39 is 11.9 Å². The van der Waals surface area contributed by atoms with Crippen LogP contribution >= 0.6 is 0 Å². The number of halogens is 1. The summed E-state index contributed by atoms with van der Waals surface area (Å²) in [4.78, 5) is 0. The van der Waals surface area contributed by atoms with Crippen molar-refractivity contribution in [2.45, 2.75) is 6.04 Å². The molecule has 0 bridgehead atoms. The lowest BCUT2D eigenvalue weighted by Gasteiger charge is -2.10. The number of terminal acetylenes is 1. The van der Waals surface area contributed by atoms with Crippen LogP contribution in [-0.4, -0.2) is 7.11 Å². The highest BCUT2D eigenvalue weighted by atomic mass is 19.1. The molecule has 4 heteroatoms. The van der Waals surface area contributed by atoms with Crippen molar-refractivity contribution in [2.24, 2.45) is 5.84 Å². The Morgan fingerprint density at radius 1 is 1.64 bits per heavy atom. The normalized spacial score (nSPS) is 11.9. The van der Waals surface area contributed by atoms with Gasteiger partial charge in [0.15, 0.2) is 11.6 Å². The fraction of sp³-hybridized carbons (Fsp3) is 0.200. The van der Waals surface area contributed by atoms with Crippen LogP contribution in [0.15, 0.2) is 18.2 Å². The van der Waals surface area contributed by atoms with Crippen LogP contribution in [0.5, 0.6) is 5.75 Å². The summed E-state index contributed by atoms with van der Waals surface area (Å²) in [5.74, 6) is 7.30. The number of hydrazine groups is 1. The summed E-state index contributed by atoms with van der Waals surface area (Å²) in [6.45, 7) is 0. The molecule has 1 rings (SSSR count). The van der Waals surface area contributed by atoms with Gasteiger partial charge in [0.25, 0.3) is 0 Å². The Balaban J connectivity index is 3.03. The van der Waals surface area contributed by atoms with Gasteiger partial charge in [-0.25, -0.2) is 9.82 Å². The number of hydrogen-bond acceptors (Lipinski definition) is 3. The molecule has 74 valence electrons. The van der Waals surface area contributed by atoms with Crippen molar-refractivity contribution < 1.29 is 9.13 Å². The summed E-state index contributed by atoms with van der Waals surface area (Å²) in [5.41, 5.74) is 2.98. The largest absolute Gasteiger partial charge is 0.494 e. The van der Waals surface area contributed by atoms with Gasteiger partial charge in [0, 0.05) is 0 Å². The lowest BCUT2D eigenvalue weighted by molar-refractivity contribution is 0.386. The maximum absolute atomic E-state index is 13.2. The minimum Gasteiger partial charge on any atom is -0.494 e. The Hall–Kier alpha value is -1.57. The molecule has 0 fully saturated rings. The lowest BCUT2D eigenvalue weighted by Crippen LogP contribution is -2.26. The maximum Gasteiger partial charge on any atom is 0.165 e. The van der Waals surface area contributed by atoms with E-state index in [1.54, 1.807) is 6.07 Å². The van der Waals surface area contributed by atoms with E-state index in [0.717, 1.165) is 0 Å². The molecule has 0 aliphatic heterocycles. The maximum atomic E-state index is 13.2. The molecule has 14 heavy (non-hydrogen) atoms. The Bertz CT molecular complexity index is 360. The summed E-state index contributed by atoms with van der Waals surface area (Å²) < 4.78 is 18.0. The third-order valence-electron chi connectivity index (χ3n) is 1.84. The van der Waals surface area contributed by atoms with Crippen molar-refractivity contribution in [3.63, 3.8) is 0 Å². The molecule has 0 saturated carbocycles. The third kappa shape index (κ3) is 2.02. The summed E-state index contributed by atoms with van der Waals surface area (Å²) >= 11 is 0. The zero-order chi connectivity index (χ0) is 10.6. The quantitative estimate of drug-likeness (QED) is 0.428. The molecule has 0 saturated heterocycles. The van der Waals surface area contributed by atoms with Crippen LogP contribution in [0.2, 0.25) is 0 Å². The predicted octanol–water partition coefficient (Wildman–Crippen LogP) is 0.972. The second-order valence-electron chi connectivity index (χ2n) is 2.66. The van der Waals surface area contributed by atoms with Gasteiger partial charge in [-0.15, -0.1) is 6.42 Å². The van der Waals surface area contributed by atoms with Crippen LogP contribution in [0.4, 0.5) is 4.39 Å². The van der Waals surface area contributed by atoms with E-state index in [2.05, 4.69) is 11.3 Å². The lowest BCUT2D eigenvalue weighted by atomic mass is 10.1. The zero-order valence-electron chi connectivity index (χ0n) is 7.75. The second kappa shape index (κ2) is 4.61. The molecule has 0 aliphatic rings. The molecule has 0 amide bonds. The Kier molecular flexibility index (Phi) is 3.46. The van der Waals surface area contributed by atoms with E-state index in [4.69, 9.17) is 17.0 Å². The van der Waals surface area contributed by atoms with Crippen LogP contribution < -0.4 is 16.0 Å². The standard InChI is InChI=1S/C10H11FN2O/c1-3-9(13-12)7-4-5-10(14-2)8(11)6-7/h1,4-6,9,13H,12H2,2H3. The summed E-state index contributed by atoms with van der Waals surface area (Å²) in [6, 6.07) is 3.97. The number of nitrogens with two attached hydrogens (primary N) is 1. The molecule has 3 N–H and O–H groups in total. The summed E-state index contributed by atoms with van der Waals surface area (Å²) in [5, 5.41) is 0. The van der Waals surface area contributed by atoms with Crippen LogP contribution in [0.1, 0.15) is 11.6 Å². The molecule has 0 aromatic heterocycles. The number of nitrogens with one attached hydrogen (secondary N) is 1. The Labute approximate surface area is 82.0 Å². The Morgan fingerprint density at radius 3 is 2.79 bits per heavy atom. The first kappa shape index (κ1) is 10.5. The van der Waals surface area contributed by atoms with Crippen molar-refractivity contribution in [1.29, 1.82) is 0 Å². The van der Waals surface area contributed by atoms with Crippen LogP contribution in [0, 0.1) is 18.2 Å². The fourth-order valence-electron chi connectivity index (χ4n) is 1.10. The van der Waals surface area contributed by atoms with E-state index in [1.807, 2.05) is 0 Å². The number of benzene rings is 1. The first-order valence-corrected chi connectivity index (χ1v) is 3.98. The third-order valence-corrected chi connectivity index (χ3v) is 1.84. The SMILES string of the molecule is C#CC(NN)c1ccc(OC)c(F)c1. The van der Waals surface area contributed by atoms with Gasteiger partial charge in [0.05, 0.1) is 7.11 Å². The minimum absolute atomic E-state index is 0.182. The van der Waals surface area contributed by atoms with Gasteiger partial charge in [-0.3, -0.25) is 5.84 Å². The molecule has 0 radical (unpaired) electrons. The van der Waals surface area contributed by atoms with Crippen molar-refractivity contribution in [2.75, 3.05) is 7.11 Å². The first-order valence-electron chi connectivity index (χ1n) is 3.98. The average Bonchev–Trinajstić information content (AvgIpc) is 2.20. The highest BCUT2D eigenvalue weighted by Gasteiger charge is 2.09. The molecule has 0 spiro atoms. The molecule has 1 unspecified atom stereocenters. The van der Waals surface area contributed by atoms with Gasteiger partial charge >= 0.3 is 0 Å². The molecule has 1 aromatic rings. The van der Waals surface area contributed by atoms with Gasteiger partial charge in [-0.2, -0.15) is 0 Å². The highest BCUT2D eigenvalue weighted by molar-refractivity contribution is 5.33. The van der Waals surface area contributed by atoms with Crippen LogP contribution in [0.25, 0.3) is 0 Å². The van der Waals surface area contributed by atoms with Crippen molar-refractivity contribution >= 4 is 0 Å². The first-order chi connectivity index (χ1) is 6.72. The van der Waals surface area contributed by atoms with E-state index >= 15 is 0 Å². The van der Waals surface area contributed by atoms with E-state index in [0.29, 0.717) is 5.56 Å². The monoisotopic (exact) mass is 194 g/mol. The van der Waals surface area contributed by atoms with Gasteiger partial charge in [0.1, 0.15) is 6.04 Å². The van der Waals surface area contributed by atoms with E-state index in [-0.39, 0.29) is 5.75 Å². The average molecular weight is 194 g/mol. The van der Waals surface area contributed by atoms with Crippen molar-refractivity contribution in [3.8, 4) is 18.1 Å². The number of ether oxygens (including phenoxy) is 1. The predicted molar refractivity (Wildman–Crippen MR) is 51.8 cm³/mol. The van der Waals surface area contributed by atoms with Crippen molar-refractivity contribution in [3.05, 3.63) is 29.6 Å². The molecular weight excluding hydrogens is 183 g/mol. The topological polar surface area (TPSA) is 47.3 Å². The minimum atomic E-state index is -0.490. The molecule has 3 nitrogen and oxygen atoms in total. The molecule has 0 aliphatic carbocycles. The highest BCUT2D eigenvalue weighted by Crippen LogP contribution is 2.20. The van der Waals surface area contributed by atoms with Crippen LogP contribution in [0.3, 0.4) is 0 Å². The summed E-state index contributed by atoms with van der Waals surface area (Å²) in [7, 11) is 1.40.